The van der Waals surface area contributed by atoms with E-state index in [0.717, 1.165) is 36.3 Å². The lowest BCUT2D eigenvalue weighted by Crippen LogP contribution is -2.10. The molecule has 140 valence electrons. The number of hydrogen-bond acceptors (Lipinski definition) is 5. The fourth-order valence-electron chi connectivity index (χ4n) is 3.51. The summed E-state index contributed by atoms with van der Waals surface area (Å²) >= 11 is 0. The molecule has 6 heteroatoms. The van der Waals surface area contributed by atoms with Crippen LogP contribution in [0, 0.1) is 6.92 Å². The van der Waals surface area contributed by atoms with Gasteiger partial charge in [-0.2, -0.15) is 0 Å². The van der Waals surface area contributed by atoms with E-state index in [4.69, 9.17) is 14.2 Å². The van der Waals surface area contributed by atoms with E-state index in [1.165, 1.54) is 5.56 Å². The van der Waals surface area contributed by atoms with E-state index < -0.39 is 0 Å². The van der Waals surface area contributed by atoms with Gasteiger partial charge in [-0.1, -0.05) is 12.1 Å². The summed E-state index contributed by atoms with van der Waals surface area (Å²) in [4.78, 5) is 16.8. The Hall–Kier alpha value is -3.02. The van der Waals surface area contributed by atoms with Crippen molar-refractivity contribution in [3.63, 3.8) is 0 Å². The molecule has 0 aliphatic carbocycles. The molecule has 0 spiro atoms. The molecule has 0 fully saturated rings. The lowest BCUT2D eigenvalue weighted by Gasteiger charge is -2.10. The Morgan fingerprint density at radius 3 is 2.81 bits per heavy atom. The van der Waals surface area contributed by atoms with Crippen LogP contribution in [-0.2, 0) is 17.6 Å². The van der Waals surface area contributed by atoms with Gasteiger partial charge < -0.3 is 14.2 Å². The smallest absolute Gasteiger partial charge is 0.357 e. The quantitative estimate of drug-likeness (QED) is 0.364. The normalized spacial score (nSPS) is 11.8. The Bertz CT molecular complexity index is 1020. The number of carbonyl (C=O) groups excluding carboxylic acids is 1. The van der Waals surface area contributed by atoms with E-state index in [2.05, 4.69) is 11.1 Å². The van der Waals surface area contributed by atoms with Crippen LogP contribution in [0.15, 0.2) is 30.5 Å². The number of ether oxygens (including phenoxy) is 3. The van der Waals surface area contributed by atoms with E-state index in [9.17, 15) is 4.79 Å². The number of esters is 1. The maximum atomic E-state index is 12.3. The zero-order chi connectivity index (χ0) is 19.0. The van der Waals surface area contributed by atoms with E-state index in [1.807, 2.05) is 31.3 Å². The highest BCUT2D eigenvalue weighted by Gasteiger charge is 2.24. The fourth-order valence-corrected chi connectivity index (χ4v) is 3.51. The molecule has 0 saturated carbocycles. The van der Waals surface area contributed by atoms with Gasteiger partial charge in [0, 0.05) is 6.20 Å². The highest BCUT2D eigenvalue weighted by Crippen LogP contribution is 2.48. The minimum atomic E-state index is -0.372. The summed E-state index contributed by atoms with van der Waals surface area (Å²) < 4.78 is 18.0. The third-order valence-corrected chi connectivity index (χ3v) is 4.80. The van der Waals surface area contributed by atoms with Crippen molar-refractivity contribution in [2.45, 2.75) is 33.1 Å². The molecule has 0 radical (unpaired) electrons. The van der Waals surface area contributed by atoms with Crippen LogP contribution in [0.5, 0.6) is 17.2 Å². The zero-order valence-electron chi connectivity index (χ0n) is 15.7. The second-order valence-corrected chi connectivity index (χ2v) is 6.53. The molecule has 0 unspecified atom stereocenters. The number of aryl methyl sites for hydroxylation is 3. The minimum Gasteiger partial charge on any atom is -0.493 e. The van der Waals surface area contributed by atoms with Crippen LogP contribution in [0.1, 0.15) is 40.7 Å². The highest BCUT2D eigenvalue weighted by atomic mass is 16.6. The lowest BCUT2D eigenvalue weighted by molar-refractivity contribution is 0.0517. The first kappa shape index (κ1) is 17.4. The minimum absolute atomic E-state index is 0.327. The molecule has 1 aromatic carbocycles. The Morgan fingerprint density at radius 1 is 1.22 bits per heavy atom. The molecule has 27 heavy (non-hydrogen) atoms. The summed E-state index contributed by atoms with van der Waals surface area (Å²) in [7, 11) is 1.64. The van der Waals surface area contributed by atoms with Gasteiger partial charge in [0.05, 0.1) is 19.4 Å². The molecule has 0 atom stereocenters. The van der Waals surface area contributed by atoms with Crippen molar-refractivity contribution in [2.75, 3.05) is 13.7 Å². The molecule has 1 aliphatic rings. The zero-order valence-corrected chi connectivity index (χ0v) is 15.7. The standard InChI is InChI=1S/C21H22N2O4/c1-4-26-21(24)17-13(2)22-20-19(25-3)15(11-12-23(17)20)8-5-7-14-9-6-10-16-18(14)27-16/h6,9-12H,4-5,7-8H2,1-3H3. The van der Waals surface area contributed by atoms with E-state index in [1.54, 1.807) is 18.4 Å². The molecule has 0 bridgehead atoms. The number of hydrogen-bond donors (Lipinski definition) is 0. The Labute approximate surface area is 157 Å². The van der Waals surface area contributed by atoms with Crippen LogP contribution in [0.25, 0.3) is 5.65 Å². The average molecular weight is 366 g/mol. The Morgan fingerprint density at radius 2 is 2.04 bits per heavy atom. The van der Waals surface area contributed by atoms with Crippen LogP contribution in [0.3, 0.4) is 0 Å². The second-order valence-electron chi connectivity index (χ2n) is 6.53. The highest BCUT2D eigenvalue weighted by molar-refractivity contribution is 5.90. The van der Waals surface area contributed by atoms with Gasteiger partial charge in [0.2, 0.25) is 0 Å². The third-order valence-electron chi connectivity index (χ3n) is 4.80. The van der Waals surface area contributed by atoms with Crippen molar-refractivity contribution in [1.82, 2.24) is 9.38 Å². The fraction of sp³-hybridized carbons (Fsp3) is 0.333. The Kier molecular flexibility index (Phi) is 4.48. The number of nitrogens with zero attached hydrogens (tertiary/aromatic N) is 2. The number of methoxy groups -OCH3 is 1. The van der Waals surface area contributed by atoms with Crippen molar-refractivity contribution >= 4 is 11.6 Å². The van der Waals surface area contributed by atoms with Crippen LogP contribution >= 0.6 is 0 Å². The largest absolute Gasteiger partial charge is 0.493 e. The van der Waals surface area contributed by atoms with Crippen LogP contribution < -0.4 is 9.47 Å². The van der Waals surface area contributed by atoms with Crippen molar-refractivity contribution in [3.05, 3.63) is 53.0 Å². The molecular formula is C21H22N2O4. The number of fused-ring (bicyclic) bond motifs is 2. The number of para-hydroxylation sites is 1. The predicted octanol–water partition coefficient (Wildman–Crippen LogP) is 4.11. The lowest BCUT2D eigenvalue weighted by atomic mass is 10.0. The number of pyridine rings is 1. The summed E-state index contributed by atoms with van der Waals surface area (Å²) in [5.74, 6) is 2.35. The van der Waals surface area contributed by atoms with Crippen LogP contribution in [0.2, 0.25) is 0 Å². The van der Waals surface area contributed by atoms with Gasteiger partial charge in [-0.05, 0) is 56.4 Å². The van der Waals surface area contributed by atoms with Crippen molar-refractivity contribution < 1.29 is 19.0 Å². The van der Waals surface area contributed by atoms with Crippen LogP contribution in [0.4, 0.5) is 0 Å². The summed E-state index contributed by atoms with van der Waals surface area (Å²) in [5.41, 5.74) is 4.04. The molecule has 6 nitrogen and oxygen atoms in total. The summed E-state index contributed by atoms with van der Waals surface area (Å²) in [6.07, 6.45) is 4.63. The van der Waals surface area contributed by atoms with Gasteiger partial charge in [-0.25, -0.2) is 9.78 Å². The average Bonchev–Trinajstić information content (AvgIpc) is 3.37. The molecule has 3 aromatic rings. The molecule has 3 heterocycles. The molecule has 1 aliphatic heterocycles. The molecule has 0 amide bonds. The molecule has 4 rings (SSSR count). The first-order chi connectivity index (χ1) is 13.1. The topological polar surface area (TPSA) is 65.4 Å². The number of imidazole rings is 1. The molecule has 0 N–H and O–H groups in total. The van der Waals surface area contributed by atoms with Gasteiger partial charge in [0.15, 0.2) is 28.6 Å². The van der Waals surface area contributed by atoms with E-state index >= 15 is 0 Å². The number of aromatic nitrogens is 2. The number of benzene rings is 1. The van der Waals surface area contributed by atoms with Gasteiger partial charge in [0.1, 0.15) is 0 Å². The van der Waals surface area contributed by atoms with E-state index in [0.29, 0.717) is 29.4 Å². The maximum Gasteiger partial charge on any atom is 0.357 e. The maximum absolute atomic E-state index is 12.3. The van der Waals surface area contributed by atoms with Gasteiger partial charge in [-0.15, -0.1) is 0 Å². The molecule has 2 aromatic heterocycles. The first-order valence-corrected chi connectivity index (χ1v) is 9.15. The van der Waals surface area contributed by atoms with Gasteiger partial charge >= 0.3 is 5.97 Å². The summed E-state index contributed by atoms with van der Waals surface area (Å²) in [6.45, 7) is 3.92. The van der Waals surface area contributed by atoms with Crippen molar-refractivity contribution in [2.24, 2.45) is 0 Å². The van der Waals surface area contributed by atoms with Crippen LogP contribution in [-0.4, -0.2) is 29.1 Å². The molecule has 0 saturated heterocycles. The molecular weight excluding hydrogens is 344 g/mol. The number of rotatable bonds is 7. The second kappa shape index (κ2) is 6.95. The Balaban J connectivity index is 1.58. The predicted molar refractivity (Wildman–Crippen MR) is 101 cm³/mol. The van der Waals surface area contributed by atoms with Gasteiger partial charge in [-0.3, -0.25) is 4.40 Å². The first-order valence-electron chi connectivity index (χ1n) is 9.15. The van der Waals surface area contributed by atoms with Gasteiger partial charge in [0.25, 0.3) is 0 Å². The third kappa shape index (κ3) is 3.12. The SMILES string of the molecule is CCOC(=O)c1c(C)nc2c(OC)c(CCCc3cccc4c3O4)ccn12. The van der Waals surface area contributed by atoms with Crippen molar-refractivity contribution in [1.29, 1.82) is 0 Å². The van der Waals surface area contributed by atoms with Crippen molar-refractivity contribution in [3.8, 4) is 17.2 Å². The van der Waals surface area contributed by atoms with E-state index in [-0.39, 0.29) is 5.97 Å². The summed E-state index contributed by atoms with van der Waals surface area (Å²) in [6, 6.07) is 8.11. The number of carbonyl (C=O) groups is 1. The summed E-state index contributed by atoms with van der Waals surface area (Å²) in [5, 5.41) is 0. The monoisotopic (exact) mass is 366 g/mol.